The van der Waals surface area contributed by atoms with Crippen molar-refractivity contribution in [2.75, 3.05) is 6.54 Å². The van der Waals surface area contributed by atoms with E-state index >= 15 is 0 Å². The van der Waals surface area contributed by atoms with Crippen molar-refractivity contribution in [3.8, 4) is 10.4 Å². The van der Waals surface area contributed by atoms with Gasteiger partial charge < -0.3 is 5.32 Å². The molecule has 17 heavy (non-hydrogen) atoms. The van der Waals surface area contributed by atoms with Crippen LogP contribution in [-0.2, 0) is 20.0 Å². The van der Waals surface area contributed by atoms with Gasteiger partial charge >= 0.3 is 0 Å². The minimum absolute atomic E-state index is 0.961. The summed E-state index contributed by atoms with van der Waals surface area (Å²) in [6.45, 7) is 6.26. The molecule has 0 aliphatic carbocycles. The Morgan fingerprint density at radius 1 is 1.35 bits per heavy atom. The summed E-state index contributed by atoms with van der Waals surface area (Å²) in [6, 6.07) is 4.41. The van der Waals surface area contributed by atoms with Crippen LogP contribution in [0.25, 0.3) is 10.4 Å². The Labute approximate surface area is 106 Å². The molecule has 2 aromatic heterocycles. The number of hydrogen-bond acceptors (Lipinski definition) is 3. The van der Waals surface area contributed by atoms with Crippen LogP contribution in [0.2, 0.25) is 0 Å². The summed E-state index contributed by atoms with van der Waals surface area (Å²) in [5, 5.41) is 7.84. The summed E-state index contributed by atoms with van der Waals surface area (Å²) in [5.74, 6) is 0. The highest BCUT2D eigenvalue weighted by Gasteiger charge is 2.10. The standard InChI is InChI=1S/C13H19N3S/c1-4-12-11(9-16(3)15-12)13-7-6-10(17-13)8-14-5-2/h6-7,9,14H,4-5,8H2,1-3H3. The van der Waals surface area contributed by atoms with E-state index < -0.39 is 0 Å². The van der Waals surface area contributed by atoms with Gasteiger partial charge in [-0.2, -0.15) is 5.10 Å². The molecule has 2 rings (SSSR count). The molecular formula is C13H19N3S. The largest absolute Gasteiger partial charge is 0.312 e. The molecule has 2 aromatic rings. The Hall–Kier alpha value is -1.13. The van der Waals surface area contributed by atoms with E-state index in [-0.39, 0.29) is 0 Å². The maximum atomic E-state index is 4.48. The molecule has 3 nitrogen and oxygen atoms in total. The lowest BCUT2D eigenvalue weighted by atomic mass is 10.2. The van der Waals surface area contributed by atoms with Gasteiger partial charge in [-0.3, -0.25) is 4.68 Å². The first-order valence-corrected chi connectivity index (χ1v) is 6.88. The van der Waals surface area contributed by atoms with Gasteiger partial charge in [0.05, 0.1) is 5.69 Å². The number of rotatable bonds is 5. The minimum atomic E-state index is 0.961. The Balaban J connectivity index is 2.23. The fraction of sp³-hybridized carbons (Fsp3) is 0.462. The zero-order valence-electron chi connectivity index (χ0n) is 10.7. The molecule has 0 aliphatic heterocycles. The molecule has 0 radical (unpaired) electrons. The van der Waals surface area contributed by atoms with Crippen LogP contribution in [0.4, 0.5) is 0 Å². The second-order valence-electron chi connectivity index (χ2n) is 4.06. The lowest BCUT2D eigenvalue weighted by molar-refractivity contribution is 0.735. The van der Waals surface area contributed by atoms with E-state index in [4.69, 9.17) is 0 Å². The van der Waals surface area contributed by atoms with Gasteiger partial charge in [-0.05, 0) is 25.1 Å². The van der Waals surface area contributed by atoms with Crippen LogP contribution in [0.15, 0.2) is 18.3 Å². The average Bonchev–Trinajstić information content (AvgIpc) is 2.92. The fourth-order valence-corrected chi connectivity index (χ4v) is 2.88. The van der Waals surface area contributed by atoms with Crippen LogP contribution in [0.3, 0.4) is 0 Å². The van der Waals surface area contributed by atoms with E-state index in [9.17, 15) is 0 Å². The molecule has 0 saturated heterocycles. The van der Waals surface area contributed by atoms with Crippen molar-refractivity contribution >= 4 is 11.3 Å². The number of hydrogen-bond donors (Lipinski definition) is 1. The second kappa shape index (κ2) is 5.47. The summed E-state index contributed by atoms with van der Waals surface area (Å²) < 4.78 is 1.90. The molecule has 0 unspecified atom stereocenters. The number of nitrogens with one attached hydrogen (secondary N) is 1. The zero-order valence-corrected chi connectivity index (χ0v) is 11.5. The van der Waals surface area contributed by atoms with E-state index in [2.05, 4.69) is 42.6 Å². The van der Waals surface area contributed by atoms with Gasteiger partial charge in [-0.15, -0.1) is 11.3 Å². The monoisotopic (exact) mass is 249 g/mol. The van der Waals surface area contributed by atoms with E-state index in [1.54, 1.807) is 0 Å². The van der Waals surface area contributed by atoms with Crippen molar-refractivity contribution in [3.63, 3.8) is 0 Å². The summed E-state index contributed by atoms with van der Waals surface area (Å²) in [4.78, 5) is 2.70. The van der Waals surface area contributed by atoms with E-state index in [1.807, 2.05) is 23.1 Å². The molecule has 0 aromatic carbocycles. The Morgan fingerprint density at radius 3 is 2.88 bits per heavy atom. The molecule has 92 valence electrons. The van der Waals surface area contributed by atoms with E-state index in [0.29, 0.717) is 0 Å². The molecule has 0 amide bonds. The van der Waals surface area contributed by atoms with Crippen LogP contribution in [0.1, 0.15) is 24.4 Å². The third-order valence-corrected chi connectivity index (χ3v) is 3.84. The predicted octanol–water partition coefficient (Wildman–Crippen LogP) is 2.82. The van der Waals surface area contributed by atoms with Gasteiger partial charge in [0.25, 0.3) is 0 Å². The fourth-order valence-electron chi connectivity index (χ4n) is 1.87. The smallest absolute Gasteiger partial charge is 0.0708 e. The predicted molar refractivity (Wildman–Crippen MR) is 73.3 cm³/mol. The van der Waals surface area contributed by atoms with E-state index in [1.165, 1.54) is 21.0 Å². The van der Waals surface area contributed by atoms with Gasteiger partial charge in [0.15, 0.2) is 0 Å². The Bertz CT molecular complexity index is 485. The molecule has 1 N–H and O–H groups in total. The molecule has 0 spiro atoms. The first-order chi connectivity index (χ1) is 8.24. The average molecular weight is 249 g/mol. The highest BCUT2D eigenvalue weighted by atomic mass is 32.1. The van der Waals surface area contributed by atoms with Crippen LogP contribution < -0.4 is 5.32 Å². The first-order valence-electron chi connectivity index (χ1n) is 6.07. The lowest BCUT2D eigenvalue weighted by Gasteiger charge is -1.97. The Kier molecular flexibility index (Phi) is 3.97. The Morgan fingerprint density at radius 2 is 2.18 bits per heavy atom. The molecule has 0 saturated carbocycles. The van der Waals surface area contributed by atoms with Gasteiger partial charge in [0.2, 0.25) is 0 Å². The van der Waals surface area contributed by atoms with Gasteiger partial charge in [0.1, 0.15) is 0 Å². The molecular weight excluding hydrogens is 230 g/mol. The van der Waals surface area contributed by atoms with Crippen molar-refractivity contribution < 1.29 is 0 Å². The topological polar surface area (TPSA) is 29.9 Å². The van der Waals surface area contributed by atoms with Crippen LogP contribution in [-0.4, -0.2) is 16.3 Å². The molecule has 0 aliphatic rings. The number of aromatic nitrogens is 2. The highest BCUT2D eigenvalue weighted by Crippen LogP contribution is 2.30. The second-order valence-corrected chi connectivity index (χ2v) is 5.23. The van der Waals surface area contributed by atoms with Crippen molar-refractivity contribution in [2.45, 2.75) is 26.8 Å². The summed E-state index contributed by atoms with van der Waals surface area (Å²) in [6.07, 6.45) is 3.10. The maximum Gasteiger partial charge on any atom is 0.0708 e. The van der Waals surface area contributed by atoms with Crippen molar-refractivity contribution in [1.29, 1.82) is 0 Å². The first kappa shape index (κ1) is 12.3. The number of thiophene rings is 1. The lowest BCUT2D eigenvalue weighted by Crippen LogP contribution is -2.10. The zero-order chi connectivity index (χ0) is 12.3. The quantitative estimate of drug-likeness (QED) is 0.883. The minimum Gasteiger partial charge on any atom is -0.312 e. The number of nitrogens with zero attached hydrogens (tertiary/aromatic N) is 2. The van der Waals surface area contributed by atoms with Crippen molar-refractivity contribution in [3.05, 3.63) is 28.9 Å². The van der Waals surface area contributed by atoms with Gasteiger partial charge in [-0.25, -0.2) is 0 Å². The summed E-state index contributed by atoms with van der Waals surface area (Å²) >= 11 is 1.85. The van der Waals surface area contributed by atoms with Gasteiger partial charge in [0, 0.05) is 35.1 Å². The van der Waals surface area contributed by atoms with Crippen molar-refractivity contribution in [2.24, 2.45) is 7.05 Å². The molecule has 2 heterocycles. The van der Waals surface area contributed by atoms with E-state index in [0.717, 1.165) is 19.5 Å². The third-order valence-electron chi connectivity index (χ3n) is 2.72. The molecule has 0 atom stereocenters. The molecule has 4 heteroatoms. The molecule has 0 bridgehead atoms. The van der Waals surface area contributed by atoms with Crippen molar-refractivity contribution in [1.82, 2.24) is 15.1 Å². The van der Waals surface area contributed by atoms with Gasteiger partial charge in [-0.1, -0.05) is 13.8 Å². The van der Waals surface area contributed by atoms with Crippen LogP contribution >= 0.6 is 11.3 Å². The summed E-state index contributed by atoms with van der Waals surface area (Å²) in [7, 11) is 1.98. The third kappa shape index (κ3) is 2.76. The normalized spacial score (nSPS) is 11.0. The summed E-state index contributed by atoms with van der Waals surface area (Å²) in [5.41, 5.74) is 2.46. The highest BCUT2D eigenvalue weighted by molar-refractivity contribution is 7.15. The number of aryl methyl sites for hydroxylation is 2. The van der Waals surface area contributed by atoms with Crippen LogP contribution in [0, 0.1) is 0 Å². The maximum absolute atomic E-state index is 4.48. The molecule has 0 fully saturated rings. The SMILES string of the molecule is CCNCc1ccc(-c2cn(C)nc2CC)s1. The van der Waals surface area contributed by atoms with Crippen LogP contribution in [0.5, 0.6) is 0 Å².